The number of anilines is 1. The maximum absolute atomic E-state index is 12.7. The highest BCUT2D eigenvalue weighted by molar-refractivity contribution is 6.31. The zero-order chi connectivity index (χ0) is 22.8. The van der Waals surface area contributed by atoms with E-state index in [1.54, 1.807) is 24.6 Å². The Bertz CT molecular complexity index is 1260. The van der Waals surface area contributed by atoms with Gasteiger partial charge >= 0.3 is 11.7 Å². The smallest absolute Gasteiger partial charge is 0.329 e. The first-order valence-electron chi connectivity index (χ1n) is 10.4. The molecule has 1 aliphatic rings. The standard InChI is InChI=1S/C21H25ClN6O4/c1-3-32-16(29)13-26-8-10-27(11-9-26)20-23-18-17(19(30)24-21(31)25(18)2)28(20)12-14-6-4-5-7-15(14)22/h4-7H,3,8-13H2,1-2H3,(H,24,30,31). The van der Waals surface area contributed by atoms with Gasteiger partial charge in [-0.2, -0.15) is 4.98 Å². The Morgan fingerprint density at radius 2 is 1.91 bits per heavy atom. The summed E-state index contributed by atoms with van der Waals surface area (Å²) in [6.07, 6.45) is 0. The maximum Gasteiger partial charge on any atom is 0.329 e. The minimum Gasteiger partial charge on any atom is -0.465 e. The Kier molecular flexibility index (Phi) is 6.33. The fourth-order valence-electron chi connectivity index (χ4n) is 3.91. The number of benzene rings is 1. The molecule has 0 radical (unpaired) electrons. The van der Waals surface area contributed by atoms with Crippen LogP contribution in [0.5, 0.6) is 0 Å². The Balaban J connectivity index is 1.70. The predicted molar refractivity (Wildman–Crippen MR) is 121 cm³/mol. The Hall–Kier alpha value is -3.11. The zero-order valence-corrected chi connectivity index (χ0v) is 18.8. The molecule has 4 rings (SSSR count). The highest BCUT2D eigenvalue weighted by Gasteiger charge is 2.26. The van der Waals surface area contributed by atoms with Crippen molar-refractivity contribution >= 4 is 34.7 Å². The molecule has 170 valence electrons. The van der Waals surface area contributed by atoms with E-state index in [0.29, 0.717) is 61.5 Å². The van der Waals surface area contributed by atoms with Crippen LogP contribution in [-0.4, -0.2) is 69.3 Å². The predicted octanol–water partition coefficient (Wildman–Crippen LogP) is 0.810. The van der Waals surface area contributed by atoms with E-state index in [-0.39, 0.29) is 12.5 Å². The second kappa shape index (κ2) is 9.17. The van der Waals surface area contributed by atoms with Crippen molar-refractivity contribution in [2.24, 2.45) is 7.05 Å². The lowest BCUT2D eigenvalue weighted by atomic mass is 10.2. The third-order valence-corrected chi connectivity index (χ3v) is 5.96. The number of carbonyl (C=O) groups excluding carboxylic acids is 1. The number of ether oxygens (including phenoxy) is 1. The Morgan fingerprint density at radius 3 is 2.59 bits per heavy atom. The van der Waals surface area contributed by atoms with E-state index >= 15 is 0 Å². The van der Waals surface area contributed by atoms with Gasteiger partial charge in [0.2, 0.25) is 5.95 Å². The lowest BCUT2D eigenvalue weighted by Gasteiger charge is -2.34. The second-order valence-electron chi connectivity index (χ2n) is 7.65. The minimum atomic E-state index is -0.518. The van der Waals surface area contributed by atoms with Gasteiger partial charge in [-0.3, -0.25) is 28.6 Å². The van der Waals surface area contributed by atoms with E-state index < -0.39 is 11.2 Å². The van der Waals surface area contributed by atoms with Gasteiger partial charge in [-0.1, -0.05) is 29.8 Å². The van der Waals surface area contributed by atoms with Gasteiger partial charge < -0.3 is 9.64 Å². The Labute approximate surface area is 189 Å². The number of rotatable bonds is 6. The van der Waals surface area contributed by atoms with Crippen LogP contribution in [0.25, 0.3) is 11.2 Å². The molecule has 0 aliphatic carbocycles. The Morgan fingerprint density at radius 1 is 1.19 bits per heavy atom. The van der Waals surface area contributed by atoms with Crippen LogP contribution in [0, 0.1) is 0 Å². The highest BCUT2D eigenvalue weighted by atomic mass is 35.5. The third-order valence-electron chi connectivity index (χ3n) is 5.59. The van der Waals surface area contributed by atoms with Gasteiger partial charge in [-0.05, 0) is 18.6 Å². The molecule has 0 bridgehead atoms. The SMILES string of the molecule is CCOC(=O)CN1CCN(c2nc3c(c(=O)[nH]c(=O)n3C)n2Cc2ccccc2Cl)CC1. The molecule has 0 unspecified atom stereocenters. The van der Waals surface area contributed by atoms with E-state index in [1.807, 2.05) is 23.1 Å². The average molecular weight is 461 g/mol. The number of aromatic nitrogens is 4. The monoisotopic (exact) mass is 460 g/mol. The molecule has 1 aliphatic heterocycles. The molecule has 32 heavy (non-hydrogen) atoms. The molecule has 1 aromatic carbocycles. The van der Waals surface area contributed by atoms with Crippen molar-refractivity contribution in [1.82, 2.24) is 24.0 Å². The number of fused-ring (bicyclic) bond motifs is 1. The molecular formula is C21H25ClN6O4. The molecule has 10 nitrogen and oxygen atoms in total. The first kappa shape index (κ1) is 22.1. The van der Waals surface area contributed by atoms with Gasteiger partial charge in [0.05, 0.1) is 19.7 Å². The van der Waals surface area contributed by atoms with E-state index in [4.69, 9.17) is 16.3 Å². The normalized spacial score (nSPS) is 14.8. The number of aryl methyl sites for hydroxylation is 1. The number of imidazole rings is 1. The summed E-state index contributed by atoms with van der Waals surface area (Å²) in [6, 6.07) is 7.42. The van der Waals surface area contributed by atoms with Gasteiger partial charge in [0.25, 0.3) is 5.56 Å². The fourth-order valence-corrected chi connectivity index (χ4v) is 4.10. The van der Waals surface area contributed by atoms with Crippen molar-refractivity contribution in [2.45, 2.75) is 13.5 Å². The van der Waals surface area contributed by atoms with E-state index in [9.17, 15) is 14.4 Å². The first-order chi connectivity index (χ1) is 15.4. The molecule has 1 N–H and O–H groups in total. The molecule has 11 heteroatoms. The van der Waals surface area contributed by atoms with Crippen molar-refractivity contribution in [3.63, 3.8) is 0 Å². The van der Waals surface area contributed by atoms with E-state index in [0.717, 1.165) is 5.56 Å². The number of nitrogens with zero attached hydrogens (tertiary/aromatic N) is 5. The largest absolute Gasteiger partial charge is 0.465 e. The lowest BCUT2D eigenvalue weighted by Crippen LogP contribution is -2.49. The summed E-state index contributed by atoms with van der Waals surface area (Å²) in [6.45, 7) is 5.22. The van der Waals surface area contributed by atoms with E-state index in [1.165, 1.54) is 4.57 Å². The minimum absolute atomic E-state index is 0.242. The number of piperazine rings is 1. The summed E-state index contributed by atoms with van der Waals surface area (Å²) in [5, 5.41) is 0.584. The molecule has 0 saturated carbocycles. The third kappa shape index (κ3) is 4.28. The van der Waals surface area contributed by atoms with Crippen LogP contribution in [-0.2, 0) is 23.1 Å². The second-order valence-corrected chi connectivity index (χ2v) is 8.06. The first-order valence-corrected chi connectivity index (χ1v) is 10.8. The van der Waals surface area contributed by atoms with Crippen LogP contribution in [0.4, 0.5) is 5.95 Å². The van der Waals surface area contributed by atoms with Gasteiger partial charge in [-0.15, -0.1) is 0 Å². The van der Waals surface area contributed by atoms with Gasteiger partial charge in [-0.25, -0.2) is 4.79 Å². The summed E-state index contributed by atoms with van der Waals surface area (Å²) < 4.78 is 8.17. The molecule has 1 saturated heterocycles. The zero-order valence-electron chi connectivity index (χ0n) is 18.0. The fraction of sp³-hybridized carbons (Fsp3) is 0.429. The summed E-state index contributed by atoms with van der Waals surface area (Å²) in [4.78, 5) is 47.8. The van der Waals surface area contributed by atoms with Crippen molar-refractivity contribution in [3.05, 3.63) is 55.7 Å². The topological polar surface area (TPSA) is 105 Å². The summed E-state index contributed by atoms with van der Waals surface area (Å²) in [5.74, 6) is 0.343. The van der Waals surface area contributed by atoms with Gasteiger partial charge in [0, 0.05) is 38.2 Å². The molecule has 3 heterocycles. The lowest BCUT2D eigenvalue weighted by molar-refractivity contribution is -0.144. The molecule has 2 aromatic heterocycles. The van der Waals surface area contributed by atoms with Crippen LogP contribution in [0.3, 0.4) is 0 Å². The van der Waals surface area contributed by atoms with Crippen LogP contribution in [0.1, 0.15) is 12.5 Å². The number of hydrogen-bond acceptors (Lipinski definition) is 7. The quantitative estimate of drug-likeness (QED) is 0.542. The number of H-pyrrole nitrogens is 1. The number of hydrogen-bond donors (Lipinski definition) is 1. The van der Waals surface area contributed by atoms with Crippen molar-refractivity contribution < 1.29 is 9.53 Å². The van der Waals surface area contributed by atoms with Crippen LogP contribution < -0.4 is 16.1 Å². The molecule has 0 atom stereocenters. The average Bonchev–Trinajstić information content (AvgIpc) is 3.14. The van der Waals surface area contributed by atoms with Crippen molar-refractivity contribution in [3.8, 4) is 0 Å². The molecule has 3 aromatic rings. The summed E-state index contributed by atoms with van der Waals surface area (Å²) >= 11 is 6.38. The molecule has 1 fully saturated rings. The number of halogens is 1. The van der Waals surface area contributed by atoms with Crippen LogP contribution >= 0.6 is 11.6 Å². The summed E-state index contributed by atoms with van der Waals surface area (Å²) in [7, 11) is 1.58. The van der Waals surface area contributed by atoms with Crippen molar-refractivity contribution in [1.29, 1.82) is 0 Å². The van der Waals surface area contributed by atoms with E-state index in [2.05, 4.69) is 14.9 Å². The number of nitrogens with one attached hydrogen (secondary N) is 1. The van der Waals surface area contributed by atoms with Crippen molar-refractivity contribution in [2.75, 3.05) is 44.2 Å². The number of carbonyl (C=O) groups is 1. The molecular weight excluding hydrogens is 436 g/mol. The van der Waals surface area contributed by atoms with Gasteiger partial charge in [0.15, 0.2) is 11.2 Å². The molecule has 0 amide bonds. The maximum atomic E-state index is 12.7. The summed E-state index contributed by atoms with van der Waals surface area (Å²) in [5.41, 5.74) is 0.459. The van der Waals surface area contributed by atoms with Gasteiger partial charge in [0.1, 0.15) is 0 Å². The molecule has 0 spiro atoms. The van der Waals surface area contributed by atoms with Crippen LogP contribution in [0.2, 0.25) is 5.02 Å². The highest BCUT2D eigenvalue weighted by Crippen LogP contribution is 2.25. The number of aromatic amines is 1. The number of esters is 1. The van der Waals surface area contributed by atoms with Crippen LogP contribution in [0.15, 0.2) is 33.9 Å².